The van der Waals surface area contributed by atoms with Gasteiger partial charge in [-0.15, -0.1) is 0 Å². The second-order valence-corrected chi connectivity index (χ2v) is 18.5. The van der Waals surface area contributed by atoms with Gasteiger partial charge >= 0.3 is 0 Å². The zero-order valence-electron chi connectivity index (χ0n) is 37.8. The standard InChI is InChI=1S/C66H40N2O2/c1-3-13-49(14-4-1)67(53-27-23-43-21-19-41-11-7-9-17-55(41)59(43)39-53)51-29-25-45-35-61-57-31-32-58-62-36-46-26-30-52(34-48(46)38-64(62)70-66(58)65(57)69-63(61)37-47(45)33-51)68(50-15-5-2-6-16-50)54-28-24-44-22-20-42-12-8-10-18-56(42)60(44)40-54/h1-40H. The van der Waals surface area contributed by atoms with Crippen LogP contribution in [0.5, 0.6) is 0 Å². The Kier molecular flexibility index (Phi) is 8.33. The van der Waals surface area contributed by atoms with Gasteiger partial charge in [0.1, 0.15) is 11.2 Å². The van der Waals surface area contributed by atoms with Gasteiger partial charge in [0.25, 0.3) is 0 Å². The number of hydrogen-bond donors (Lipinski definition) is 0. The van der Waals surface area contributed by atoms with E-state index in [2.05, 4.69) is 252 Å². The van der Waals surface area contributed by atoms with E-state index in [1.54, 1.807) is 0 Å². The number of anilines is 6. The molecule has 0 bridgehead atoms. The molecule has 0 aliphatic heterocycles. The average molecular weight is 893 g/mol. The maximum Gasteiger partial charge on any atom is 0.178 e. The zero-order chi connectivity index (χ0) is 45.9. The molecule has 15 rings (SSSR count). The van der Waals surface area contributed by atoms with Crippen molar-refractivity contribution in [2.75, 3.05) is 9.80 Å². The quantitative estimate of drug-likeness (QED) is 0.156. The summed E-state index contributed by atoms with van der Waals surface area (Å²) in [5.74, 6) is 0. The molecule has 15 aromatic rings. The summed E-state index contributed by atoms with van der Waals surface area (Å²) in [6.07, 6.45) is 0. The molecular formula is C66H40N2O2. The molecular weight excluding hydrogens is 853 g/mol. The predicted molar refractivity (Wildman–Crippen MR) is 295 cm³/mol. The molecule has 0 unspecified atom stereocenters. The molecule has 0 saturated heterocycles. The van der Waals surface area contributed by atoms with E-state index in [0.717, 1.165) is 99.5 Å². The molecule has 0 fully saturated rings. The molecule has 0 aliphatic rings. The highest BCUT2D eigenvalue weighted by atomic mass is 16.4. The van der Waals surface area contributed by atoms with Crippen molar-refractivity contribution >= 4 is 143 Å². The Labute approximate surface area is 402 Å². The molecule has 2 heterocycles. The summed E-state index contributed by atoms with van der Waals surface area (Å²) in [6, 6.07) is 87.7. The summed E-state index contributed by atoms with van der Waals surface area (Å²) in [6.45, 7) is 0. The minimum absolute atomic E-state index is 0.761. The second kappa shape index (κ2) is 15.1. The van der Waals surface area contributed by atoms with Crippen LogP contribution in [0.2, 0.25) is 0 Å². The van der Waals surface area contributed by atoms with Crippen molar-refractivity contribution < 1.29 is 8.83 Å². The van der Waals surface area contributed by atoms with Gasteiger partial charge < -0.3 is 18.6 Å². The van der Waals surface area contributed by atoms with Crippen LogP contribution in [-0.4, -0.2) is 0 Å². The van der Waals surface area contributed by atoms with E-state index < -0.39 is 0 Å². The molecule has 0 atom stereocenters. The minimum Gasteiger partial charge on any atom is -0.452 e. The first-order valence-corrected chi connectivity index (χ1v) is 23.9. The van der Waals surface area contributed by atoms with Gasteiger partial charge in [0, 0.05) is 55.7 Å². The molecule has 326 valence electrons. The topological polar surface area (TPSA) is 32.8 Å². The van der Waals surface area contributed by atoms with Gasteiger partial charge in [0.2, 0.25) is 0 Å². The van der Waals surface area contributed by atoms with Gasteiger partial charge in [0.15, 0.2) is 11.2 Å². The molecule has 4 heteroatoms. The molecule has 0 N–H and O–H groups in total. The average Bonchev–Trinajstić information content (AvgIpc) is 3.97. The fraction of sp³-hybridized carbons (Fsp3) is 0. The highest BCUT2D eigenvalue weighted by molar-refractivity contribution is 6.22. The number of rotatable bonds is 6. The highest BCUT2D eigenvalue weighted by Gasteiger charge is 2.20. The Balaban J connectivity index is 0.840. The second-order valence-electron chi connectivity index (χ2n) is 18.5. The van der Waals surface area contributed by atoms with E-state index in [1.165, 1.54) is 43.1 Å². The lowest BCUT2D eigenvalue weighted by Crippen LogP contribution is -2.09. The van der Waals surface area contributed by atoms with Crippen molar-refractivity contribution in [1.29, 1.82) is 0 Å². The monoisotopic (exact) mass is 892 g/mol. The van der Waals surface area contributed by atoms with Gasteiger partial charge in [-0.2, -0.15) is 0 Å². The predicted octanol–water partition coefficient (Wildman–Crippen LogP) is 19.3. The Hall–Kier alpha value is -9.38. The Bertz CT molecular complexity index is 4310. The normalized spacial score (nSPS) is 12.0. The van der Waals surface area contributed by atoms with Crippen molar-refractivity contribution in [2.24, 2.45) is 0 Å². The first-order valence-electron chi connectivity index (χ1n) is 23.9. The van der Waals surface area contributed by atoms with Gasteiger partial charge in [-0.05, 0) is 174 Å². The van der Waals surface area contributed by atoms with Crippen molar-refractivity contribution in [3.63, 3.8) is 0 Å². The van der Waals surface area contributed by atoms with Crippen LogP contribution in [0.4, 0.5) is 34.1 Å². The van der Waals surface area contributed by atoms with E-state index >= 15 is 0 Å². The van der Waals surface area contributed by atoms with Crippen LogP contribution in [-0.2, 0) is 0 Å². The van der Waals surface area contributed by atoms with Gasteiger partial charge in [-0.3, -0.25) is 0 Å². The van der Waals surface area contributed by atoms with E-state index in [-0.39, 0.29) is 0 Å². The number of furan rings is 2. The fourth-order valence-corrected chi connectivity index (χ4v) is 11.1. The van der Waals surface area contributed by atoms with Crippen LogP contribution >= 0.6 is 0 Å². The molecule has 0 aliphatic carbocycles. The van der Waals surface area contributed by atoms with Crippen molar-refractivity contribution in [3.05, 3.63) is 243 Å². The van der Waals surface area contributed by atoms with Gasteiger partial charge in [-0.1, -0.05) is 133 Å². The number of hydrogen-bond acceptors (Lipinski definition) is 4. The summed E-state index contributed by atoms with van der Waals surface area (Å²) >= 11 is 0. The zero-order valence-corrected chi connectivity index (χ0v) is 37.8. The summed E-state index contributed by atoms with van der Waals surface area (Å²) in [7, 11) is 0. The molecule has 0 radical (unpaired) electrons. The number of nitrogens with zero attached hydrogens (tertiary/aromatic N) is 2. The van der Waals surface area contributed by atoms with Gasteiger partial charge in [-0.25, -0.2) is 0 Å². The van der Waals surface area contributed by atoms with Crippen molar-refractivity contribution in [2.45, 2.75) is 0 Å². The molecule has 2 aromatic heterocycles. The van der Waals surface area contributed by atoms with Crippen LogP contribution in [0.25, 0.3) is 109 Å². The van der Waals surface area contributed by atoms with E-state index in [4.69, 9.17) is 8.83 Å². The Morgan fingerprint density at radius 3 is 1.00 bits per heavy atom. The third kappa shape index (κ3) is 6.03. The lowest BCUT2D eigenvalue weighted by Gasteiger charge is -2.26. The third-order valence-corrected chi connectivity index (χ3v) is 14.5. The van der Waals surface area contributed by atoms with Crippen LogP contribution in [0.3, 0.4) is 0 Å². The first kappa shape index (κ1) is 38.7. The smallest absolute Gasteiger partial charge is 0.178 e. The highest BCUT2D eigenvalue weighted by Crippen LogP contribution is 2.45. The number of fused-ring (bicyclic) bond motifs is 15. The van der Waals surface area contributed by atoms with Crippen molar-refractivity contribution in [3.8, 4) is 0 Å². The van der Waals surface area contributed by atoms with Gasteiger partial charge in [0.05, 0.1) is 0 Å². The molecule has 4 nitrogen and oxygen atoms in total. The summed E-state index contributed by atoms with van der Waals surface area (Å²) in [5.41, 5.74) is 9.70. The van der Waals surface area contributed by atoms with E-state index in [9.17, 15) is 0 Å². The molecule has 0 spiro atoms. The summed E-state index contributed by atoms with van der Waals surface area (Å²) in [4.78, 5) is 4.69. The number of benzene rings is 13. The first-order chi connectivity index (χ1) is 34.6. The lowest BCUT2D eigenvalue weighted by atomic mass is 10.0. The van der Waals surface area contributed by atoms with Crippen LogP contribution in [0.1, 0.15) is 0 Å². The van der Waals surface area contributed by atoms with Crippen LogP contribution < -0.4 is 9.80 Å². The third-order valence-electron chi connectivity index (χ3n) is 14.5. The fourth-order valence-electron chi connectivity index (χ4n) is 11.1. The van der Waals surface area contributed by atoms with Crippen LogP contribution in [0, 0.1) is 0 Å². The molecule has 0 saturated carbocycles. The van der Waals surface area contributed by atoms with E-state index in [0.29, 0.717) is 0 Å². The summed E-state index contributed by atoms with van der Waals surface area (Å²) in [5, 5.41) is 18.6. The van der Waals surface area contributed by atoms with Crippen LogP contribution in [0.15, 0.2) is 251 Å². The number of para-hydroxylation sites is 2. The Morgan fingerprint density at radius 2 is 0.557 bits per heavy atom. The molecule has 13 aromatic carbocycles. The largest absolute Gasteiger partial charge is 0.452 e. The van der Waals surface area contributed by atoms with E-state index in [1.807, 2.05) is 0 Å². The molecule has 70 heavy (non-hydrogen) atoms. The van der Waals surface area contributed by atoms with Crippen molar-refractivity contribution in [1.82, 2.24) is 0 Å². The minimum atomic E-state index is 0.761. The SMILES string of the molecule is c1ccc(N(c2ccc3cc4c(cc3c2)oc2c4ccc3c4cc5ccc(N(c6ccccc6)c6ccc7ccc8ccccc8c7c6)cc5cc4oc32)c2ccc3ccc4ccccc4c3c2)cc1. The summed E-state index contributed by atoms with van der Waals surface area (Å²) < 4.78 is 13.7. The maximum atomic E-state index is 6.85. The lowest BCUT2D eigenvalue weighted by molar-refractivity contribution is 0.634. The Morgan fingerprint density at radius 1 is 0.200 bits per heavy atom. The maximum absolute atomic E-state index is 6.85. The molecule has 0 amide bonds.